The molecule has 20 heavy (non-hydrogen) atoms. The van der Waals surface area contributed by atoms with Crippen molar-refractivity contribution in [1.82, 2.24) is 4.98 Å². The number of hydrogen-bond acceptors (Lipinski definition) is 4. The fourth-order valence-electron chi connectivity index (χ4n) is 1.78. The third-order valence-corrected chi connectivity index (χ3v) is 4.08. The summed E-state index contributed by atoms with van der Waals surface area (Å²) in [7, 11) is 0. The van der Waals surface area contributed by atoms with Crippen molar-refractivity contribution in [2.24, 2.45) is 5.73 Å². The lowest BCUT2D eigenvalue weighted by Gasteiger charge is -2.05. The van der Waals surface area contributed by atoms with Gasteiger partial charge in [0.25, 0.3) is 0 Å². The summed E-state index contributed by atoms with van der Waals surface area (Å²) in [5.74, 6) is 0.695. The van der Waals surface area contributed by atoms with Crippen LogP contribution in [0.3, 0.4) is 0 Å². The minimum absolute atomic E-state index is 0.0648. The fourth-order valence-corrected chi connectivity index (χ4v) is 2.86. The van der Waals surface area contributed by atoms with Gasteiger partial charge in [-0.05, 0) is 18.6 Å². The first-order valence-corrected chi connectivity index (χ1v) is 7.51. The molecule has 3 N–H and O–H groups in total. The molecule has 0 unspecified atom stereocenters. The number of nitrogens with one attached hydrogen (secondary N) is 1. The summed E-state index contributed by atoms with van der Waals surface area (Å²) in [6.45, 7) is 2.40. The number of ether oxygens (including phenoxy) is 1. The van der Waals surface area contributed by atoms with Gasteiger partial charge in [-0.2, -0.15) is 0 Å². The van der Waals surface area contributed by atoms with E-state index in [0.29, 0.717) is 17.4 Å². The summed E-state index contributed by atoms with van der Waals surface area (Å²) in [5.41, 5.74) is 6.46. The Morgan fingerprint density at radius 3 is 2.85 bits per heavy atom. The molecule has 4 nitrogen and oxygen atoms in total. The average Bonchev–Trinajstić information content (AvgIpc) is 2.82. The van der Waals surface area contributed by atoms with Crippen molar-refractivity contribution in [3.63, 3.8) is 0 Å². The molecule has 0 amide bonds. The minimum Gasteiger partial charge on any atom is -0.485 e. The zero-order chi connectivity index (χ0) is 14.5. The Bertz CT molecular complexity index is 612. The molecule has 0 saturated heterocycles. The third kappa shape index (κ3) is 3.49. The molecule has 1 heterocycles. The Hall–Kier alpha value is -1.59. The molecule has 0 bridgehead atoms. The molecule has 0 saturated carbocycles. The van der Waals surface area contributed by atoms with Crippen LogP contribution in [0.5, 0.6) is 5.75 Å². The van der Waals surface area contributed by atoms with Crippen LogP contribution in [0.1, 0.15) is 28.9 Å². The van der Waals surface area contributed by atoms with Crippen molar-refractivity contribution < 1.29 is 4.74 Å². The number of amidine groups is 1. The third-order valence-electron chi connectivity index (χ3n) is 2.66. The van der Waals surface area contributed by atoms with Gasteiger partial charge in [-0.1, -0.05) is 37.1 Å². The van der Waals surface area contributed by atoms with E-state index < -0.39 is 0 Å². The molecule has 0 spiro atoms. The second-order valence-corrected chi connectivity index (χ2v) is 5.76. The molecule has 0 aliphatic carbocycles. The predicted molar refractivity (Wildman–Crippen MR) is 82.9 cm³/mol. The van der Waals surface area contributed by atoms with E-state index >= 15 is 0 Å². The number of hydrogen-bond donors (Lipinski definition) is 2. The first-order valence-electron chi connectivity index (χ1n) is 6.32. The molecule has 2 rings (SSSR count). The number of aryl methyl sites for hydroxylation is 1. The van der Waals surface area contributed by atoms with Crippen molar-refractivity contribution in [3.05, 3.63) is 44.9 Å². The highest BCUT2D eigenvalue weighted by molar-refractivity contribution is 7.13. The van der Waals surface area contributed by atoms with Crippen LogP contribution < -0.4 is 10.5 Å². The molecule has 0 aliphatic rings. The van der Waals surface area contributed by atoms with Gasteiger partial charge in [0, 0.05) is 0 Å². The molecule has 1 aromatic heterocycles. The van der Waals surface area contributed by atoms with Crippen molar-refractivity contribution in [3.8, 4) is 5.75 Å². The number of thiazole rings is 1. The second-order valence-electron chi connectivity index (χ2n) is 4.27. The van der Waals surface area contributed by atoms with Crippen LogP contribution in [-0.4, -0.2) is 10.8 Å². The Labute approximate surface area is 127 Å². The van der Waals surface area contributed by atoms with Gasteiger partial charge >= 0.3 is 0 Å². The van der Waals surface area contributed by atoms with Gasteiger partial charge in [0.1, 0.15) is 23.2 Å². The van der Waals surface area contributed by atoms with E-state index in [4.69, 9.17) is 27.5 Å². The monoisotopic (exact) mass is 309 g/mol. The van der Waals surface area contributed by atoms with E-state index in [1.54, 1.807) is 6.07 Å². The van der Waals surface area contributed by atoms with Gasteiger partial charge < -0.3 is 10.5 Å². The Morgan fingerprint density at radius 1 is 1.45 bits per heavy atom. The van der Waals surface area contributed by atoms with Gasteiger partial charge in [-0.15, -0.1) is 11.3 Å². The second kappa shape index (κ2) is 6.72. The zero-order valence-electron chi connectivity index (χ0n) is 11.1. The van der Waals surface area contributed by atoms with Crippen molar-refractivity contribution in [1.29, 1.82) is 5.41 Å². The van der Waals surface area contributed by atoms with Crippen LogP contribution >= 0.6 is 22.9 Å². The summed E-state index contributed by atoms with van der Waals surface area (Å²) < 4.78 is 5.65. The van der Waals surface area contributed by atoms with Crippen molar-refractivity contribution in [2.75, 3.05) is 0 Å². The van der Waals surface area contributed by atoms with Crippen LogP contribution in [-0.2, 0) is 13.0 Å². The maximum atomic E-state index is 7.58. The highest BCUT2D eigenvalue weighted by Crippen LogP contribution is 2.26. The Morgan fingerprint density at radius 2 is 2.20 bits per heavy atom. The largest absolute Gasteiger partial charge is 0.485 e. The number of rotatable bonds is 6. The number of benzene rings is 1. The number of aromatic nitrogens is 1. The van der Waals surface area contributed by atoms with Gasteiger partial charge in [0.05, 0.1) is 15.6 Å². The Balaban J connectivity index is 2.12. The summed E-state index contributed by atoms with van der Waals surface area (Å²) in [6, 6.07) is 7.31. The topological polar surface area (TPSA) is 72.0 Å². The lowest BCUT2D eigenvalue weighted by Crippen LogP contribution is -2.11. The van der Waals surface area contributed by atoms with Crippen molar-refractivity contribution in [2.45, 2.75) is 26.4 Å². The molecular formula is C14H16ClN3OS. The first kappa shape index (κ1) is 14.8. The van der Waals surface area contributed by atoms with E-state index in [1.807, 2.05) is 18.2 Å². The van der Waals surface area contributed by atoms with Crippen LogP contribution in [0.15, 0.2) is 24.3 Å². The molecular weight excluding hydrogens is 294 g/mol. The number of halogens is 1. The van der Waals surface area contributed by atoms with Gasteiger partial charge in [0.15, 0.2) is 0 Å². The van der Waals surface area contributed by atoms with Crippen LogP contribution in [0.4, 0.5) is 0 Å². The maximum absolute atomic E-state index is 7.58. The molecule has 0 radical (unpaired) electrons. The van der Waals surface area contributed by atoms with Gasteiger partial charge in [-0.25, -0.2) is 4.98 Å². The average molecular weight is 310 g/mol. The first-order chi connectivity index (χ1) is 9.61. The van der Waals surface area contributed by atoms with E-state index in [-0.39, 0.29) is 5.84 Å². The summed E-state index contributed by atoms with van der Waals surface area (Å²) >= 11 is 7.43. The summed E-state index contributed by atoms with van der Waals surface area (Å²) in [6.07, 6.45) is 1.78. The standard InChI is InChI=1S/C14H16ClN3OS/c1-2-5-10-13(14(16)17)20-12(18-10)8-19-11-7-4-3-6-9(11)15/h3-4,6-7H,2,5,8H2,1H3,(H3,16,17). The van der Waals surface area contributed by atoms with E-state index in [0.717, 1.165) is 28.4 Å². The SMILES string of the molecule is CCCc1nc(COc2ccccc2Cl)sc1C(=N)N. The smallest absolute Gasteiger partial charge is 0.140 e. The quantitative estimate of drug-likeness (QED) is 0.632. The number of nitrogens with two attached hydrogens (primary N) is 1. The molecule has 1 aromatic carbocycles. The van der Waals surface area contributed by atoms with E-state index in [9.17, 15) is 0 Å². The van der Waals surface area contributed by atoms with Crippen molar-refractivity contribution >= 4 is 28.8 Å². The normalized spacial score (nSPS) is 10.5. The predicted octanol–water partition coefficient (Wildman–Crippen LogP) is 3.61. The zero-order valence-corrected chi connectivity index (χ0v) is 12.7. The lowest BCUT2D eigenvalue weighted by atomic mass is 10.2. The minimum atomic E-state index is 0.0648. The maximum Gasteiger partial charge on any atom is 0.140 e. The molecule has 0 aliphatic heterocycles. The Kier molecular flexibility index (Phi) is 4.98. The van der Waals surface area contributed by atoms with E-state index in [1.165, 1.54) is 11.3 Å². The lowest BCUT2D eigenvalue weighted by molar-refractivity contribution is 0.305. The molecule has 6 heteroatoms. The fraction of sp³-hybridized carbons (Fsp3) is 0.286. The molecule has 0 fully saturated rings. The summed E-state index contributed by atoms with van der Waals surface area (Å²) in [4.78, 5) is 5.24. The summed E-state index contributed by atoms with van der Waals surface area (Å²) in [5, 5.41) is 8.96. The molecule has 2 aromatic rings. The van der Waals surface area contributed by atoms with Crippen LogP contribution in [0.25, 0.3) is 0 Å². The van der Waals surface area contributed by atoms with E-state index in [2.05, 4.69) is 11.9 Å². The van der Waals surface area contributed by atoms with Crippen LogP contribution in [0, 0.1) is 5.41 Å². The number of nitrogen functional groups attached to an aromatic ring is 1. The molecule has 0 atom stereocenters. The number of para-hydroxylation sites is 1. The van der Waals surface area contributed by atoms with Gasteiger partial charge in [0.2, 0.25) is 0 Å². The highest BCUT2D eigenvalue weighted by Gasteiger charge is 2.13. The molecule has 106 valence electrons. The number of nitrogens with zero attached hydrogens (tertiary/aromatic N) is 1. The van der Waals surface area contributed by atoms with Gasteiger partial charge in [-0.3, -0.25) is 5.41 Å². The highest BCUT2D eigenvalue weighted by atomic mass is 35.5. The van der Waals surface area contributed by atoms with Crippen LogP contribution in [0.2, 0.25) is 5.02 Å².